The molecule has 0 atom stereocenters. The van der Waals surface area contributed by atoms with Gasteiger partial charge in [-0.25, -0.2) is 13.9 Å². The molecule has 196 valence electrons. The Morgan fingerprint density at radius 1 is 0.974 bits per heavy atom. The van der Waals surface area contributed by atoms with Gasteiger partial charge in [0, 0.05) is 35.8 Å². The van der Waals surface area contributed by atoms with Gasteiger partial charge in [-0.15, -0.1) is 10.2 Å². The van der Waals surface area contributed by atoms with Gasteiger partial charge in [0.15, 0.2) is 22.9 Å². The molecule has 0 aromatic carbocycles. The number of anilines is 3. The zero-order valence-corrected chi connectivity index (χ0v) is 21.0. The van der Waals surface area contributed by atoms with Crippen molar-refractivity contribution in [3.05, 3.63) is 53.3 Å². The van der Waals surface area contributed by atoms with Crippen LogP contribution >= 0.6 is 11.5 Å². The van der Waals surface area contributed by atoms with Crippen molar-refractivity contribution in [2.45, 2.75) is 56.7 Å². The third-order valence-corrected chi connectivity index (χ3v) is 7.17. The quantitative estimate of drug-likeness (QED) is 0.266. The lowest BCUT2D eigenvalue weighted by molar-refractivity contribution is 0.0920. The highest BCUT2D eigenvalue weighted by Gasteiger charge is 2.27. The van der Waals surface area contributed by atoms with E-state index in [4.69, 9.17) is 0 Å². The van der Waals surface area contributed by atoms with Crippen LogP contribution < -0.4 is 21.3 Å². The van der Waals surface area contributed by atoms with Crippen molar-refractivity contribution in [2.24, 2.45) is 0 Å². The van der Waals surface area contributed by atoms with E-state index in [0.717, 1.165) is 61.9 Å². The highest BCUT2D eigenvalue weighted by atomic mass is 32.1. The summed E-state index contributed by atoms with van der Waals surface area (Å²) in [6.07, 6.45) is 9.32. The van der Waals surface area contributed by atoms with Crippen LogP contribution in [0.4, 0.5) is 21.6 Å². The summed E-state index contributed by atoms with van der Waals surface area (Å²) in [5.41, 5.74) is 1.85. The molecule has 0 spiro atoms. The predicted octanol–water partition coefficient (Wildman–Crippen LogP) is 3.09. The summed E-state index contributed by atoms with van der Waals surface area (Å²) in [6.45, 7) is 0. The molecule has 4 N–H and O–H groups in total. The van der Waals surface area contributed by atoms with E-state index in [9.17, 15) is 14.0 Å². The van der Waals surface area contributed by atoms with Crippen LogP contribution in [-0.2, 0) is 0 Å². The van der Waals surface area contributed by atoms with Gasteiger partial charge in [0.1, 0.15) is 5.82 Å². The fourth-order valence-electron chi connectivity index (χ4n) is 4.52. The van der Waals surface area contributed by atoms with E-state index in [1.807, 2.05) is 6.07 Å². The Morgan fingerprint density at radius 2 is 1.74 bits per heavy atom. The smallest absolute Gasteiger partial charge is 0.276 e. The molecule has 2 fully saturated rings. The lowest BCUT2D eigenvalue weighted by Gasteiger charge is -2.30. The minimum Gasteiger partial charge on any atom is -0.379 e. The molecule has 2 saturated carbocycles. The van der Waals surface area contributed by atoms with Crippen LogP contribution in [0.25, 0.3) is 5.65 Å². The van der Waals surface area contributed by atoms with Gasteiger partial charge in [-0.3, -0.25) is 14.6 Å². The summed E-state index contributed by atoms with van der Waals surface area (Å²) in [5.74, 6) is -0.758. The van der Waals surface area contributed by atoms with E-state index in [-0.39, 0.29) is 29.4 Å². The molecule has 4 aromatic rings. The number of nitrogens with zero attached hydrogens (tertiary/aromatic N) is 6. The molecular formula is C24H25FN10O2S. The number of halogens is 1. The van der Waals surface area contributed by atoms with Crippen molar-refractivity contribution in [3.63, 3.8) is 0 Å². The van der Waals surface area contributed by atoms with E-state index in [1.54, 1.807) is 5.38 Å². The van der Waals surface area contributed by atoms with Crippen molar-refractivity contribution < 1.29 is 14.0 Å². The third kappa shape index (κ3) is 5.25. The third-order valence-electron chi connectivity index (χ3n) is 6.66. The number of rotatable bonds is 8. The van der Waals surface area contributed by atoms with E-state index < -0.39 is 11.7 Å². The summed E-state index contributed by atoms with van der Waals surface area (Å²) in [4.78, 5) is 33.4. The molecule has 4 aromatic heterocycles. The molecule has 2 aliphatic rings. The second-order valence-electron chi connectivity index (χ2n) is 9.51. The highest BCUT2D eigenvalue weighted by molar-refractivity contribution is 7.03. The van der Waals surface area contributed by atoms with Gasteiger partial charge < -0.3 is 21.3 Å². The van der Waals surface area contributed by atoms with Gasteiger partial charge in [0.05, 0.1) is 23.8 Å². The Hall–Kier alpha value is -4.20. The zero-order valence-electron chi connectivity index (χ0n) is 20.2. The van der Waals surface area contributed by atoms with Crippen LogP contribution in [0.3, 0.4) is 0 Å². The summed E-state index contributed by atoms with van der Waals surface area (Å²) < 4.78 is 19.3. The second-order valence-corrected chi connectivity index (χ2v) is 10.1. The van der Waals surface area contributed by atoms with E-state index in [2.05, 4.69) is 45.9 Å². The molecule has 14 heteroatoms. The van der Waals surface area contributed by atoms with Gasteiger partial charge in [-0.05, 0) is 56.1 Å². The van der Waals surface area contributed by atoms with Gasteiger partial charge >= 0.3 is 0 Å². The highest BCUT2D eigenvalue weighted by Crippen LogP contribution is 2.30. The number of pyridine rings is 1. The molecule has 38 heavy (non-hydrogen) atoms. The molecule has 12 nitrogen and oxygen atoms in total. The Balaban J connectivity index is 1.18. The first-order valence-corrected chi connectivity index (χ1v) is 13.3. The summed E-state index contributed by atoms with van der Waals surface area (Å²) >= 11 is 1.15. The number of nitrogens with one attached hydrogen (secondary N) is 4. The number of carbonyl (C=O) groups excluding carboxylic acids is 2. The average Bonchev–Trinajstić information content (AvgIpc) is 3.37. The van der Waals surface area contributed by atoms with Crippen molar-refractivity contribution >= 4 is 46.2 Å². The normalized spacial score (nSPS) is 19.2. The van der Waals surface area contributed by atoms with Crippen molar-refractivity contribution in [1.29, 1.82) is 0 Å². The first kappa shape index (κ1) is 24.2. The molecule has 2 aliphatic carbocycles. The van der Waals surface area contributed by atoms with E-state index in [0.29, 0.717) is 23.2 Å². The number of aromatic nitrogens is 6. The largest absolute Gasteiger partial charge is 0.379 e. The predicted molar refractivity (Wildman–Crippen MR) is 139 cm³/mol. The fourth-order valence-corrected chi connectivity index (χ4v) is 4.96. The monoisotopic (exact) mass is 536 g/mol. The Kier molecular flexibility index (Phi) is 6.54. The number of carbonyl (C=O) groups is 2. The molecular weight excluding hydrogens is 511 g/mol. The van der Waals surface area contributed by atoms with Gasteiger partial charge in [-0.2, -0.15) is 0 Å². The molecule has 4 heterocycles. The minimum atomic E-state index is -0.629. The summed E-state index contributed by atoms with van der Waals surface area (Å²) in [7, 11) is 0. The molecule has 0 saturated heterocycles. The maximum Gasteiger partial charge on any atom is 0.276 e. The van der Waals surface area contributed by atoms with Crippen LogP contribution in [0.5, 0.6) is 0 Å². The van der Waals surface area contributed by atoms with E-state index >= 15 is 0 Å². The summed E-state index contributed by atoms with van der Waals surface area (Å²) in [5, 5.41) is 22.7. The molecule has 0 unspecified atom stereocenters. The van der Waals surface area contributed by atoms with Crippen LogP contribution in [0.2, 0.25) is 0 Å². The lowest BCUT2D eigenvalue weighted by atomic mass is 9.91. The average molecular weight is 537 g/mol. The molecule has 6 rings (SSSR count). The van der Waals surface area contributed by atoms with Crippen LogP contribution in [0.1, 0.15) is 59.5 Å². The Labute approximate surface area is 220 Å². The van der Waals surface area contributed by atoms with Gasteiger partial charge in [0.25, 0.3) is 11.8 Å². The number of amides is 2. The molecule has 0 radical (unpaired) electrons. The standard InChI is InChI=1S/C24H25FN10O2S/c25-16-10-26-8-7-17(16)31-24(37)20-11-27-22-18(28-13-1-2-13)9-21(33-35(20)22)29-14-3-5-15(6-4-14)30-23(36)19-12-38-34-32-19/h7-15,28H,1-6H2,(H,29,33)(H,30,36)(H,26,31,37). The minimum absolute atomic E-state index is 0.0282. The van der Waals surface area contributed by atoms with Crippen molar-refractivity contribution in [2.75, 3.05) is 16.0 Å². The number of hydrogen-bond donors (Lipinski definition) is 4. The molecule has 2 amide bonds. The van der Waals surface area contributed by atoms with Crippen molar-refractivity contribution in [3.8, 4) is 0 Å². The molecule has 0 bridgehead atoms. The van der Waals surface area contributed by atoms with Crippen LogP contribution in [-0.4, -0.2) is 59.1 Å². The topological polar surface area (TPSA) is 151 Å². The number of fused-ring (bicyclic) bond motifs is 1. The Morgan fingerprint density at radius 3 is 2.47 bits per heavy atom. The fraction of sp³-hybridized carbons (Fsp3) is 0.375. The second kappa shape index (κ2) is 10.3. The van der Waals surface area contributed by atoms with Gasteiger partial charge in [-0.1, -0.05) is 4.49 Å². The summed E-state index contributed by atoms with van der Waals surface area (Å²) in [6, 6.07) is 3.88. The number of imidazole rings is 1. The Bertz CT molecular complexity index is 1460. The lowest BCUT2D eigenvalue weighted by Crippen LogP contribution is -2.40. The van der Waals surface area contributed by atoms with E-state index in [1.165, 1.54) is 23.0 Å². The first-order chi connectivity index (χ1) is 18.5. The van der Waals surface area contributed by atoms with Crippen LogP contribution in [0, 0.1) is 5.82 Å². The van der Waals surface area contributed by atoms with Gasteiger partial charge in [0.2, 0.25) is 0 Å². The zero-order chi connectivity index (χ0) is 26.1. The number of hydrogen-bond acceptors (Lipinski definition) is 10. The molecule has 0 aliphatic heterocycles. The maximum absolute atomic E-state index is 14.0. The van der Waals surface area contributed by atoms with Crippen LogP contribution in [0.15, 0.2) is 36.1 Å². The van der Waals surface area contributed by atoms with Crippen molar-refractivity contribution in [1.82, 2.24) is 34.5 Å². The maximum atomic E-state index is 14.0. The SMILES string of the molecule is O=C(NC1CCC(Nc2cc(NC3CC3)c3ncc(C(=O)Nc4ccncc4F)n3n2)CC1)c1csnn1. The first-order valence-electron chi connectivity index (χ1n) is 12.4.